The van der Waals surface area contributed by atoms with Crippen LogP contribution in [0.4, 0.5) is 10.8 Å². The Kier molecular flexibility index (Phi) is 5.17. The molecule has 1 aliphatic heterocycles. The molecular formula is C20H14Cl2N4OS. The zero-order valence-corrected chi connectivity index (χ0v) is 17.0. The summed E-state index contributed by atoms with van der Waals surface area (Å²) in [5.74, 6) is 0.632. The molecule has 4 rings (SSSR count). The second kappa shape index (κ2) is 7.75. The van der Waals surface area contributed by atoms with Crippen molar-refractivity contribution in [2.45, 2.75) is 0 Å². The molecule has 0 amide bonds. The molecule has 1 aliphatic rings. The van der Waals surface area contributed by atoms with Crippen LogP contribution in [-0.4, -0.2) is 23.0 Å². The van der Waals surface area contributed by atoms with Gasteiger partial charge in [0.15, 0.2) is 5.13 Å². The number of nitrogens with zero attached hydrogens (tertiary/aromatic N) is 3. The maximum absolute atomic E-state index is 10.2. The van der Waals surface area contributed by atoms with Gasteiger partial charge in [-0.3, -0.25) is 4.99 Å². The number of fused-ring (bicyclic) bond motifs is 1. The van der Waals surface area contributed by atoms with E-state index in [1.54, 1.807) is 25.2 Å². The lowest BCUT2D eigenvalue weighted by Gasteiger charge is -2.06. The highest BCUT2D eigenvalue weighted by molar-refractivity contribution is 7.16. The van der Waals surface area contributed by atoms with E-state index in [1.165, 1.54) is 11.3 Å². The number of aromatic hydroxyl groups is 1. The molecule has 3 aromatic rings. The third-order valence-electron chi connectivity index (χ3n) is 4.05. The smallest absolute Gasteiger partial charge is 0.231 e. The standard InChI is InChI=1S/C20H14Cl2N4OS/c1-23-17-8-6-12-9-11(5-7-15(12)24-17)10-16-19(27)26-20(28-16)25-18-13(21)3-2-4-14(18)22/h2-10,27H,1H3,(H,25,26)/b11-10+,23-17?. The Morgan fingerprint density at radius 1 is 1.14 bits per heavy atom. The average molecular weight is 429 g/mol. The lowest BCUT2D eigenvalue weighted by Crippen LogP contribution is -2.17. The molecule has 0 fully saturated rings. The van der Waals surface area contributed by atoms with Crippen LogP contribution in [-0.2, 0) is 0 Å². The maximum Gasteiger partial charge on any atom is 0.231 e. The summed E-state index contributed by atoms with van der Waals surface area (Å²) in [6.45, 7) is 0. The topological polar surface area (TPSA) is 69.9 Å². The van der Waals surface area contributed by atoms with Crippen LogP contribution in [0, 0.1) is 0 Å². The lowest BCUT2D eigenvalue weighted by atomic mass is 10.1. The van der Waals surface area contributed by atoms with Crippen molar-refractivity contribution in [1.82, 2.24) is 4.98 Å². The van der Waals surface area contributed by atoms with Gasteiger partial charge in [-0.1, -0.05) is 46.7 Å². The summed E-state index contributed by atoms with van der Waals surface area (Å²) >= 11 is 13.7. The maximum atomic E-state index is 10.2. The fraction of sp³-hybridized carbons (Fsp3) is 0.0500. The predicted molar refractivity (Wildman–Crippen MR) is 117 cm³/mol. The van der Waals surface area contributed by atoms with Gasteiger partial charge in [-0.05, 0) is 47.7 Å². The molecule has 2 aromatic carbocycles. The van der Waals surface area contributed by atoms with E-state index >= 15 is 0 Å². The summed E-state index contributed by atoms with van der Waals surface area (Å²) in [4.78, 5) is 13.3. The molecule has 0 bridgehead atoms. The van der Waals surface area contributed by atoms with Crippen molar-refractivity contribution in [3.8, 4) is 5.88 Å². The molecule has 28 heavy (non-hydrogen) atoms. The van der Waals surface area contributed by atoms with Crippen molar-refractivity contribution in [2.75, 3.05) is 12.4 Å². The first kappa shape index (κ1) is 18.7. The van der Waals surface area contributed by atoms with Gasteiger partial charge in [0, 0.05) is 12.6 Å². The molecule has 5 nitrogen and oxygen atoms in total. The number of hydrogen-bond donors (Lipinski definition) is 2. The molecule has 0 saturated heterocycles. The summed E-state index contributed by atoms with van der Waals surface area (Å²) in [6.07, 6.45) is 5.70. The van der Waals surface area contributed by atoms with Gasteiger partial charge in [0.05, 0.1) is 26.0 Å². The van der Waals surface area contributed by atoms with E-state index in [0.717, 1.165) is 16.1 Å². The van der Waals surface area contributed by atoms with Crippen LogP contribution < -0.4 is 15.9 Å². The van der Waals surface area contributed by atoms with E-state index in [0.29, 0.717) is 31.6 Å². The van der Waals surface area contributed by atoms with Gasteiger partial charge in [-0.2, -0.15) is 4.98 Å². The lowest BCUT2D eigenvalue weighted by molar-refractivity contribution is 0.457. The molecule has 0 radical (unpaired) electrons. The third kappa shape index (κ3) is 3.80. The fourth-order valence-electron chi connectivity index (χ4n) is 2.69. The van der Waals surface area contributed by atoms with E-state index < -0.39 is 0 Å². The zero-order chi connectivity index (χ0) is 19.7. The first-order valence-corrected chi connectivity index (χ1v) is 9.87. The van der Waals surface area contributed by atoms with E-state index in [9.17, 15) is 5.11 Å². The van der Waals surface area contributed by atoms with E-state index in [-0.39, 0.29) is 5.88 Å². The molecule has 0 spiro atoms. The minimum atomic E-state index is -0.0611. The normalized spacial score (nSPS) is 14.8. The Morgan fingerprint density at radius 3 is 2.68 bits per heavy atom. The largest absolute Gasteiger partial charge is 0.492 e. The number of thiazole rings is 1. The van der Waals surface area contributed by atoms with Crippen LogP contribution in [0.15, 0.2) is 52.5 Å². The first-order valence-electron chi connectivity index (χ1n) is 8.30. The van der Waals surface area contributed by atoms with Crippen LogP contribution in [0.1, 0.15) is 10.4 Å². The zero-order valence-electron chi connectivity index (χ0n) is 14.6. The van der Waals surface area contributed by atoms with Crippen molar-refractivity contribution < 1.29 is 5.11 Å². The van der Waals surface area contributed by atoms with Gasteiger partial charge in [0.25, 0.3) is 0 Å². The Morgan fingerprint density at radius 2 is 1.93 bits per heavy atom. The summed E-state index contributed by atoms with van der Waals surface area (Å²) in [7, 11) is 1.71. The third-order valence-corrected chi connectivity index (χ3v) is 5.59. The quantitative estimate of drug-likeness (QED) is 0.649. The monoisotopic (exact) mass is 428 g/mol. The van der Waals surface area contributed by atoms with Crippen LogP contribution in [0.5, 0.6) is 5.88 Å². The average Bonchev–Trinajstić information content (AvgIpc) is 3.03. The van der Waals surface area contributed by atoms with E-state index in [1.807, 2.05) is 36.4 Å². The van der Waals surface area contributed by atoms with Gasteiger partial charge < -0.3 is 10.4 Å². The van der Waals surface area contributed by atoms with Crippen molar-refractivity contribution in [3.63, 3.8) is 0 Å². The Balaban J connectivity index is 1.68. The SMILES string of the molecule is CN=C1C=Cc2c/c(=C/c3sc(Nc4c(Cl)cccc4Cl)nc3O)ccc2=N1. The van der Waals surface area contributed by atoms with Gasteiger partial charge in [0.1, 0.15) is 5.84 Å². The fourth-order valence-corrected chi connectivity index (χ4v) is 4.01. The molecule has 2 N–H and O–H groups in total. The molecule has 0 atom stereocenters. The van der Waals surface area contributed by atoms with Crippen molar-refractivity contribution in [1.29, 1.82) is 0 Å². The molecule has 0 saturated carbocycles. The van der Waals surface area contributed by atoms with Crippen molar-refractivity contribution in [2.24, 2.45) is 9.98 Å². The number of aliphatic imine (C=N–C) groups is 1. The van der Waals surface area contributed by atoms with Gasteiger partial charge in [-0.15, -0.1) is 0 Å². The molecular weight excluding hydrogens is 415 g/mol. The number of hydrogen-bond acceptors (Lipinski definition) is 5. The Bertz CT molecular complexity index is 1230. The molecule has 0 unspecified atom stereocenters. The number of anilines is 2. The highest BCUT2D eigenvalue weighted by Gasteiger charge is 2.12. The number of nitrogens with one attached hydrogen (secondary N) is 1. The second-order valence-corrected chi connectivity index (χ2v) is 7.76. The number of halogens is 2. The van der Waals surface area contributed by atoms with Gasteiger partial charge >= 0.3 is 0 Å². The van der Waals surface area contributed by atoms with Gasteiger partial charge in [-0.25, -0.2) is 4.99 Å². The van der Waals surface area contributed by atoms with Crippen molar-refractivity contribution >= 4 is 63.3 Å². The van der Waals surface area contributed by atoms with Crippen LogP contribution >= 0.6 is 34.5 Å². The van der Waals surface area contributed by atoms with E-state index in [4.69, 9.17) is 23.2 Å². The summed E-state index contributed by atoms with van der Waals surface area (Å²) in [5, 5.41) is 16.5. The van der Waals surface area contributed by atoms with Crippen LogP contribution in [0.3, 0.4) is 0 Å². The Labute approximate surface area is 175 Å². The number of para-hydroxylation sites is 1. The van der Waals surface area contributed by atoms with Crippen molar-refractivity contribution in [3.05, 3.63) is 73.5 Å². The first-order chi connectivity index (χ1) is 13.5. The molecule has 2 heterocycles. The molecule has 8 heteroatoms. The highest BCUT2D eigenvalue weighted by Crippen LogP contribution is 2.36. The van der Waals surface area contributed by atoms with Gasteiger partial charge in [0.2, 0.25) is 5.88 Å². The van der Waals surface area contributed by atoms with Crippen LogP contribution in [0.2, 0.25) is 10.0 Å². The predicted octanol–water partition coefficient (Wildman–Crippen LogP) is 4.40. The number of amidine groups is 1. The highest BCUT2D eigenvalue weighted by atomic mass is 35.5. The molecule has 0 aliphatic carbocycles. The number of rotatable bonds is 3. The minimum Gasteiger partial charge on any atom is -0.492 e. The summed E-state index contributed by atoms with van der Waals surface area (Å²) < 4.78 is 0. The summed E-state index contributed by atoms with van der Waals surface area (Å²) in [5.41, 5.74) is 1.55. The number of aromatic nitrogens is 1. The minimum absolute atomic E-state index is 0.0611. The Hall–Kier alpha value is -2.67. The van der Waals surface area contributed by atoms with E-state index in [2.05, 4.69) is 20.3 Å². The van der Waals surface area contributed by atoms with Crippen LogP contribution in [0.25, 0.3) is 12.2 Å². The molecule has 1 aromatic heterocycles. The second-order valence-electron chi connectivity index (χ2n) is 5.92. The summed E-state index contributed by atoms with van der Waals surface area (Å²) in [6, 6.07) is 11.1. The molecule has 140 valence electrons. The number of benzene rings is 2.